The third kappa shape index (κ3) is 5.60. The molecule has 0 spiro atoms. The van der Waals surface area contributed by atoms with Crippen LogP contribution in [0.2, 0.25) is 0 Å². The van der Waals surface area contributed by atoms with Gasteiger partial charge in [0, 0.05) is 37.9 Å². The molecule has 156 valence electrons. The second-order valence-corrected chi connectivity index (χ2v) is 8.59. The quantitative estimate of drug-likeness (QED) is 0.530. The normalized spacial score (nSPS) is 19.4. The number of nitrogens with one attached hydrogen (secondary N) is 2. The van der Waals surface area contributed by atoms with Crippen LogP contribution in [0.3, 0.4) is 0 Å². The lowest BCUT2D eigenvalue weighted by atomic mass is 9.64. The average molecular weight is 388 g/mol. The Morgan fingerprint density at radius 3 is 2.71 bits per heavy atom. The standard InChI is InChI=1S/C22H37N5O/c1-4-23-21(26-17-22(8-6-9-22)15-18(2)3)25-16-19-7-5-10-24-20(19)27-11-13-28-14-12-27/h5,7,10,18H,4,6,8-9,11-17H2,1-3H3,(H2,23,25,26). The maximum absolute atomic E-state index is 5.48. The van der Waals surface area contributed by atoms with Crippen LogP contribution in [0, 0.1) is 11.3 Å². The van der Waals surface area contributed by atoms with E-state index >= 15 is 0 Å². The molecule has 2 aliphatic rings. The second-order valence-electron chi connectivity index (χ2n) is 8.59. The minimum Gasteiger partial charge on any atom is -0.378 e. The Bertz CT molecular complexity index is 636. The zero-order valence-electron chi connectivity index (χ0n) is 17.8. The Labute approximate surface area is 170 Å². The highest BCUT2D eigenvalue weighted by atomic mass is 16.5. The van der Waals surface area contributed by atoms with Crippen molar-refractivity contribution < 1.29 is 4.74 Å². The predicted molar refractivity (Wildman–Crippen MR) is 116 cm³/mol. The molecule has 1 aliphatic carbocycles. The largest absolute Gasteiger partial charge is 0.378 e. The molecule has 0 amide bonds. The van der Waals surface area contributed by atoms with Crippen molar-refractivity contribution in [3.05, 3.63) is 23.9 Å². The van der Waals surface area contributed by atoms with Gasteiger partial charge in [-0.25, -0.2) is 9.98 Å². The third-order valence-electron chi connectivity index (χ3n) is 5.82. The average Bonchev–Trinajstić information content (AvgIpc) is 2.68. The highest BCUT2D eigenvalue weighted by molar-refractivity contribution is 5.79. The molecule has 1 aromatic heterocycles. The van der Waals surface area contributed by atoms with Gasteiger partial charge in [-0.1, -0.05) is 26.3 Å². The van der Waals surface area contributed by atoms with Crippen LogP contribution in [0.25, 0.3) is 0 Å². The minimum absolute atomic E-state index is 0.456. The molecule has 1 aliphatic heterocycles. The van der Waals surface area contributed by atoms with Crippen molar-refractivity contribution in [1.82, 2.24) is 15.6 Å². The van der Waals surface area contributed by atoms with Crippen LogP contribution in [-0.4, -0.2) is 50.3 Å². The molecule has 0 bridgehead atoms. The van der Waals surface area contributed by atoms with E-state index in [0.717, 1.165) is 57.1 Å². The van der Waals surface area contributed by atoms with E-state index in [9.17, 15) is 0 Å². The van der Waals surface area contributed by atoms with Gasteiger partial charge in [0.15, 0.2) is 5.96 Å². The van der Waals surface area contributed by atoms with Crippen molar-refractivity contribution in [2.24, 2.45) is 16.3 Å². The van der Waals surface area contributed by atoms with Crippen LogP contribution >= 0.6 is 0 Å². The van der Waals surface area contributed by atoms with Crippen molar-refractivity contribution in [3.8, 4) is 0 Å². The summed E-state index contributed by atoms with van der Waals surface area (Å²) in [6.45, 7) is 12.6. The van der Waals surface area contributed by atoms with Crippen LogP contribution in [0.4, 0.5) is 5.82 Å². The van der Waals surface area contributed by atoms with Crippen LogP contribution < -0.4 is 15.5 Å². The number of pyridine rings is 1. The molecule has 6 heteroatoms. The Kier molecular flexibility index (Phi) is 7.54. The first kappa shape index (κ1) is 20.9. The number of rotatable bonds is 8. The third-order valence-corrected chi connectivity index (χ3v) is 5.82. The number of guanidine groups is 1. The molecule has 0 aromatic carbocycles. The van der Waals surface area contributed by atoms with Gasteiger partial charge in [-0.3, -0.25) is 0 Å². The molecule has 2 N–H and O–H groups in total. The van der Waals surface area contributed by atoms with Crippen LogP contribution in [0.15, 0.2) is 23.3 Å². The summed E-state index contributed by atoms with van der Waals surface area (Å²) in [6.07, 6.45) is 7.19. The molecular weight excluding hydrogens is 350 g/mol. The fourth-order valence-corrected chi connectivity index (χ4v) is 4.39. The molecule has 1 aromatic rings. The number of hydrogen-bond acceptors (Lipinski definition) is 4. The molecule has 1 saturated heterocycles. The Balaban J connectivity index is 1.64. The second kappa shape index (κ2) is 10.1. The zero-order chi connectivity index (χ0) is 19.8. The van der Waals surface area contributed by atoms with E-state index in [1.165, 1.54) is 31.2 Å². The fourth-order valence-electron chi connectivity index (χ4n) is 4.39. The van der Waals surface area contributed by atoms with E-state index in [-0.39, 0.29) is 0 Å². The van der Waals surface area contributed by atoms with Gasteiger partial charge in [-0.05, 0) is 43.6 Å². The molecule has 2 heterocycles. The molecule has 0 atom stereocenters. The highest BCUT2D eigenvalue weighted by Gasteiger charge is 2.37. The lowest BCUT2D eigenvalue weighted by Crippen LogP contribution is -2.47. The number of ether oxygens (including phenoxy) is 1. The van der Waals surface area contributed by atoms with E-state index in [1.807, 2.05) is 12.3 Å². The van der Waals surface area contributed by atoms with Gasteiger partial charge >= 0.3 is 0 Å². The van der Waals surface area contributed by atoms with E-state index in [1.54, 1.807) is 0 Å². The van der Waals surface area contributed by atoms with Crippen LogP contribution in [0.5, 0.6) is 0 Å². The van der Waals surface area contributed by atoms with Crippen molar-refractivity contribution >= 4 is 11.8 Å². The van der Waals surface area contributed by atoms with E-state index in [0.29, 0.717) is 12.0 Å². The van der Waals surface area contributed by atoms with Crippen molar-refractivity contribution in [1.29, 1.82) is 0 Å². The number of anilines is 1. The summed E-state index contributed by atoms with van der Waals surface area (Å²) in [5.41, 5.74) is 1.62. The summed E-state index contributed by atoms with van der Waals surface area (Å²) in [7, 11) is 0. The number of hydrogen-bond donors (Lipinski definition) is 2. The summed E-state index contributed by atoms with van der Waals surface area (Å²) in [5.74, 6) is 2.70. The van der Waals surface area contributed by atoms with Crippen molar-refractivity contribution in [3.63, 3.8) is 0 Å². The maximum Gasteiger partial charge on any atom is 0.191 e. The van der Waals surface area contributed by atoms with Gasteiger partial charge in [0.1, 0.15) is 5.82 Å². The van der Waals surface area contributed by atoms with E-state index in [4.69, 9.17) is 9.73 Å². The van der Waals surface area contributed by atoms with E-state index < -0.39 is 0 Å². The van der Waals surface area contributed by atoms with Crippen molar-refractivity contribution in [2.45, 2.75) is 53.0 Å². The number of aromatic nitrogens is 1. The monoisotopic (exact) mass is 387 g/mol. The van der Waals surface area contributed by atoms with Gasteiger partial charge in [0.2, 0.25) is 0 Å². The highest BCUT2D eigenvalue weighted by Crippen LogP contribution is 2.45. The summed E-state index contributed by atoms with van der Waals surface area (Å²) >= 11 is 0. The fraction of sp³-hybridized carbons (Fsp3) is 0.727. The maximum atomic E-state index is 5.48. The topological polar surface area (TPSA) is 61.8 Å². The smallest absolute Gasteiger partial charge is 0.191 e. The molecule has 28 heavy (non-hydrogen) atoms. The lowest BCUT2D eigenvalue weighted by molar-refractivity contribution is 0.104. The van der Waals surface area contributed by atoms with Crippen LogP contribution in [0.1, 0.15) is 52.0 Å². The first-order chi connectivity index (χ1) is 13.6. The summed E-state index contributed by atoms with van der Waals surface area (Å²) in [4.78, 5) is 11.8. The number of morpholine rings is 1. The molecule has 0 radical (unpaired) electrons. The molecule has 3 rings (SSSR count). The zero-order valence-corrected chi connectivity index (χ0v) is 17.8. The van der Waals surface area contributed by atoms with Gasteiger partial charge in [-0.15, -0.1) is 0 Å². The SMILES string of the molecule is CCNC(=NCc1cccnc1N1CCOCC1)NCC1(CC(C)C)CCC1. The molecule has 0 unspecified atom stereocenters. The van der Waals surface area contributed by atoms with Gasteiger partial charge < -0.3 is 20.3 Å². The lowest BCUT2D eigenvalue weighted by Gasteiger charge is -2.43. The molecule has 6 nitrogen and oxygen atoms in total. The molecule has 1 saturated carbocycles. The first-order valence-electron chi connectivity index (χ1n) is 10.9. The molecular formula is C22H37N5O. The predicted octanol–water partition coefficient (Wildman–Crippen LogP) is 3.19. The Morgan fingerprint density at radius 1 is 1.29 bits per heavy atom. The Morgan fingerprint density at radius 2 is 2.07 bits per heavy atom. The molecule has 2 fully saturated rings. The van der Waals surface area contributed by atoms with Crippen LogP contribution in [-0.2, 0) is 11.3 Å². The van der Waals surface area contributed by atoms with Gasteiger partial charge in [0.05, 0.1) is 19.8 Å². The Hall–Kier alpha value is -1.82. The summed E-state index contributed by atoms with van der Waals surface area (Å²) in [6, 6.07) is 4.14. The summed E-state index contributed by atoms with van der Waals surface area (Å²) < 4.78 is 5.48. The number of aliphatic imine (C=N–C) groups is 1. The summed E-state index contributed by atoms with van der Waals surface area (Å²) in [5, 5.41) is 7.03. The van der Waals surface area contributed by atoms with Gasteiger partial charge in [-0.2, -0.15) is 0 Å². The first-order valence-corrected chi connectivity index (χ1v) is 10.9. The van der Waals surface area contributed by atoms with Crippen molar-refractivity contribution in [2.75, 3.05) is 44.3 Å². The van der Waals surface area contributed by atoms with E-state index in [2.05, 4.69) is 47.4 Å². The van der Waals surface area contributed by atoms with Gasteiger partial charge in [0.25, 0.3) is 0 Å². The minimum atomic E-state index is 0.456. The number of nitrogens with zero attached hydrogens (tertiary/aromatic N) is 3.